The first-order valence-corrected chi connectivity index (χ1v) is 4.28. The van der Waals surface area contributed by atoms with E-state index in [1.54, 1.807) is 0 Å². The highest BCUT2D eigenvalue weighted by molar-refractivity contribution is 5.84. The van der Waals surface area contributed by atoms with Gasteiger partial charge in [0.1, 0.15) is 5.78 Å². The Kier molecular flexibility index (Phi) is 1.37. The molecule has 0 unspecified atom stereocenters. The second-order valence-electron chi connectivity index (χ2n) is 4.13. The third-order valence-electron chi connectivity index (χ3n) is 3.13. The first-order valence-electron chi connectivity index (χ1n) is 4.28. The first-order chi connectivity index (χ1) is 5.11. The predicted molar refractivity (Wildman–Crippen MR) is 41.3 cm³/mol. The zero-order chi connectivity index (χ0) is 8.06. The van der Waals surface area contributed by atoms with Gasteiger partial charge in [-0.25, -0.2) is 0 Å². The maximum absolute atomic E-state index is 11.3. The summed E-state index contributed by atoms with van der Waals surface area (Å²) < 4.78 is 5.56. The quantitative estimate of drug-likeness (QED) is 0.527. The highest BCUT2D eigenvalue weighted by Crippen LogP contribution is 2.44. The minimum Gasteiger partial charge on any atom is -0.375 e. The molecule has 2 aliphatic rings. The lowest BCUT2D eigenvalue weighted by Crippen LogP contribution is -2.27. The molecule has 0 amide bonds. The Labute approximate surface area is 66.9 Å². The van der Waals surface area contributed by atoms with Crippen LogP contribution < -0.4 is 0 Å². The number of carbonyl (C=O) groups excluding carboxylic acids is 1. The van der Waals surface area contributed by atoms with Crippen molar-refractivity contribution in [2.24, 2.45) is 11.8 Å². The van der Waals surface area contributed by atoms with Crippen molar-refractivity contribution in [1.82, 2.24) is 0 Å². The minimum absolute atomic E-state index is 0.0448. The van der Waals surface area contributed by atoms with Crippen molar-refractivity contribution in [3.8, 4) is 0 Å². The maximum atomic E-state index is 11.3. The molecule has 0 spiro atoms. The molecule has 0 aromatic heterocycles. The Morgan fingerprint density at radius 2 is 2.27 bits per heavy atom. The zero-order valence-electron chi connectivity index (χ0n) is 7.09. The van der Waals surface area contributed by atoms with Gasteiger partial charge in [0.25, 0.3) is 0 Å². The van der Waals surface area contributed by atoms with Gasteiger partial charge in [0.05, 0.1) is 12.2 Å². The standard InChI is InChI=1S/C9H14O2/c1-9(2)7-3-4-8(10)6(7)5-11-9/h6-7H,3-5H2,1-2H3/t6-,7-/m1/s1. The Balaban J connectivity index is 2.23. The first kappa shape index (κ1) is 7.29. The number of hydrogen-bond acceptors (Lipinski definition) is 2. The molecular weight excluding hydrogens is 140 g/mol. The van der Waals surface area contributed by atoms with Gasteiger partial charge in [-0.05, 0) is 26.2 Å². The summed E-state index contributed by atoms with van der Waals surface area (Å²) in [5.41, 5.74) is -0.0448. The molecule has 2 heteroatoms. The fourth-order valence-electron chi connectivity index (χ4n) is 2.36. The van der Waals surface area contributed by atoms with Crippen LogP contribution in [0.25, 0.3) is 0 Å². The molecule has 1 aliphatic heterocycles. The smallest absolute Gasteiger partial charge is 0.138 e. The Morgan fingerprint density at radius 1 is 1.55 bits per heavy atom. The topological polar surface area (TPSA) is 26.3 Å². The monoisotopic (exact) mass is 154 g/mol. The van der Waals surface area contributed by atoms with E-state index in [0.717, 1.165) is 12.8 Å². The SMILES string of the molecule is CC1(C)OC[C@H]2C(=O)CC[C@H]21. The molecule has 1 saturated heterocycles. The van der Waals surface area contributed by atoms with Crippen molar-refractivity contribution < 1.29 is 9.53 Å². The lowest BCUT2D eigenvalue weighted by molar-refractivity contribution is -0.121. The lowest BCUT2D eigenvalue weighted by atomic mass is 9.86. The average molecular weight is 154 g/mol. The summed E-state index contributed by atoms with van der Waals surface area (Å²) in [6.45, 7) is 4.85. The fraction of sp³-hybridized carbons (Fsp3) is 0.889. The summed E-state index contributed by atoms with van der Waals surface area (Å²) >= 11 is 0. The van der Waals surface area contributed by atoms with E-state index in [2.05, 4.69) is 13.8 Å². The van der Waals surface area contributed by atoms with Gasteiger partial charge >= 0.3 is 0 Å². The van der Waals surface area contributed by atoms with Crippen molar-refractivity contribution in [2.75, 3.05) is 6.61 Å². The summed E-state index contributed by atoms with van der Waals surface area (Å²) in [5, 5.41) is 0. The van der Waals surface area contributed by atoms with Crippen LogP contribution in [0.15, 0.2) is 0 Å². The van der Waals surface area contributed by atoms with Gasteiger partial charge in [-0.1, -0.05) is 0 Å². The molecule has 0 radical (unpaired) electrons. The van der Waals surface area contributed by atoms with Gasteiger partial charge in [0.15, 0.2) is 0 Å². The zero-order valence-corrected chi connectivity index (χ0v) is 7.09. The third-order valence-corrected chi connectivity index (χ3v) is 3.13. The van der Waals surface area contributed by atoms with Gasteiger partial charge in [0, 0.05) is 12.3 Å². The number of hydrogen-bond donors (Lipinski definition) is 0. The van der Waals surface area contributed by atoms with Crippen LogP contribution in [-0.4, -0.2) is 18.0 Å². The van der Waals surface area contributed by atoms with E-state index < -0.39 is 0 Å². The number of rotatable bonds is 0. The molecule has 2 fully saturated rings. The van der Waals surface area contributed by atoms with Crippen LogP contribution >= 0.6 is 0 Å². The molecule has 2 rings (SSSR count). The Hall–Kier alpha value is -0.370. The van der Waals surface area contributed by atoms with E-state index in [-0.39, 0.29) is 11.5 Å². The fourth-order valence-corrected chi connectivity index (χ4v) is 2.36. The van der Waals surface area contributed by atoms with Crippen LogP contribution in [0.1, 0.15) is 26.7 Å². The summed E-state index contributed by atoms with van der Waals surface area (Å²) in [7, 11) is 0. The molecule has 2 nitrogen and oxygen atoms in total. The van der Waals surface area contributed by atoms with Crippen molar-refractivity contribution >= 4 is 5.78 Å². The van der Waals surface area contributed by atoms with E-state index >= 15 is 0 Å². The third kappa shape index (κ3) is 0.924. The van der Waals surface area contributed by atoms with Crippen LogP contribution in [0.4, 0.5) is 0 Å². The Bertz CT molecular complexity index is 196. The van der Waals surface area contributed by atoms with E-state index in [4.69, 9.17) is 4.74 Å². The van der Waals surface area contributed by atoms with E-state index in [9.17, 15) is 4.79 Å². The van der Waals surface area contributed by atoms with Gasteiger partial charge in [0.2, 0.25) is 0 Å². The Morgan fingerprint density at radius 3 is 2.91 bits per heavy atom. The van der Waals surface area contributed by atoms with Crippen molar-refractivity contribution in [2.45, 2.75) is 32.3 Å². The van der Waals surface area contributed by atoms with Crippen LogP contribution in [0.3, 0.4) is 0 Å². The number of ketones is 1. The lowest BCUT2D eigenvalue weighted by Gasteiger charge is -2.23. The van der Waals surface area contributed by atoms with Gasteiger partial charge < -0.3 is 4.74 Å². The minimum atomic E-state index is -0.0448. The summed E-state index contributed by atoms with van der Waals surface area (Å²) in [6, 6.07) is 0. The van der Waals surface area contributed by atoms with Crippen molar-refractivity contribution in [3.63, 3.8) is 0 Å². The molecule has 0 N–H and O–H groups in total. The second kappa shape index (κ2) is 2.07. The number of Topliss-reactive ketones (excluding diaryl/α,β-unsaturated/α-hetero) is 1. The molecule has 62 valence electrons. The van der Waals surface area contributed by atoms with Crippen LogP contribution in [-0.2, 0) is 9.53 Å². The number of carbonyl (C=O) groups is 1. The largest absolute Gasteiger partial charge is 0.375 e. The molecular formula is C9H14O2. The molecule has 2 atom stereocenters. The van der Waals surface area contributed by atoms with Crippen LogP contribution in [0.5, 0.6) is 0 Å². The number of fused-ring (bicyclic) bond motifs is 1. The average Bonchev–Trinajstić information content (AvgIpc) is 2.39. The van der Waals surface area contributed by atoms with Crippen molar-refractivity contribution in [3.05, 3.63) is 0 Å². The normalized spacial score (nSPS) is 41.1. The van der Waals surface area contributed by atoms with Crippen LogP contribution in [0, 0.1) is 11.8 Å². The molecule has 1 aliphatic carbocycles. The molecule has 0 aromatic carbocycles. The second-order valence-corrected chi connectivity index (χ2v) is 4.13. The van der Waals surface area contributed by atoms with E-state index in [1.165, 1.54) is 0 Å². The maximum Gasteiger partial charge on any atom is 0.138 e. The van der Waals surface area contributed by atoms with Gasteiger partial charge in [-0.15, -0.1) is 0 Å². The van der Waals surface area contributed by atoms with Gasteiger partial charge in [-0.2, -0.15) is 0 Å². The van der Waals surface area contributed by atoms with E-state index in [1.807, 2.05) is 0 Å². The molecule has 1 saturated carbocycles. The molecule has 0 bridgehead atoms. The highest BCUT2D eigenvalue weighted by atomic mass is 16.5. The summed E-state index contributed by atoms with van der Waals surface area (Å²) in [6.07, 6.45) is 1.82. The van der Waals surface area contributed by atoms with Gasteiger partial charge in [-0.3, -0.25) is 4.79 Å². The molecule has 11 heavy (non-hydrogen) atoms. The van der Waals surface area contributed by atoms with Crippen LogP contribution in [0.2, 0.25) is 0 Å². The summed E-state index contributed by atoms with van der Waals surface area (Å²) in [5.74, 6) is 1.14. The van der Waals surface area contributed by atoms with Crippen molar-refractivity contribution in [1.29, 1.82) is 0 Å². The summed E-state index contributed by atoms with van der Waals surface area (Å²) in [4.78, 5) is 11.3. The molecule has 0 aromatic rings. The molecule has 1 heterocycles. The predicted octanol–water partition coefficient (Wildman–Crippen LogP) is 1.39. The number of ether oxygens (including phenoxy) is 1. The van der Waals surface area contributed by atoms with E-state index in [0.29, 0.717) is 18.3 Å². The highest BCUT2D eigenvalue weighted by Gasteiger charge is 2.49.